The highest BCUT2D eigenvalue weighted by atomic mass is 32.2. The molecule has 0 heterocycles. The molecular weight excluding hydrogens is 452 g/mol. The minimum absolute atomic E-state index is 0.0246. The zero-order valence-electron chi connectivity index (χ0n) is 17.8. The van der Waals surface area contributed by atoms with Crippen molar-refractivity contribution in [3.8, 4) is 12.1 Å². The number of hydrogen-bond acceptors (Lipinski definition) is 7. The molecule has 9 heteroatoms. The molecule has 0 aliphatic carbocycles. The zero-order valence-corrected chi connectivity index (χ0v) is 18.6. The number of hydrogen-bond donors (Lipinski definition) is 2. The highest BCUT2D eigenvalue weighted by Gasteiger charge is 2.16. The molecule has 8 nitrogen and oxygen atoms in total. The van der Waals surface area contributed by atoms with E-state index in [-0.39, 0.29) is 17.2 Å². The molecule has 0 atom stereocenters. The smallest absolute Gasteiger partial charge is 0.339 e. The number of anilines is 2. The number of carbonyl (C=O) groups is 3. The van der Waals surface area contributed by atoms with Crippen LogP contribution in [0.3, 0.4) is 0 Å². The summed E-state index contributed by atoms with van der Waals surface area (Å²) in [5.74, 6) is -1.53. The Morgan fingerprint density at radius 2 is 1.38 bits per heavy atom. The van der Waals surface area contributed by atoms with E-state index in [1.807, 2.05) is 12.1 Å². The van der Waals surface area contributed by atoms with Crippen LogP contribution in [0.25, 0.3) is 0 Å². The van der Waals surface area contributed by atoms with Crippen molar-refractivity contribution < 1.29 is 19.1 Å². The Kier molecular flexibility index (Phi) is 8.39. The van der Waals surface area contributed by atoms with Gasteiger partial charge in [-0.2, -0.15) is 10.5 Å². The molecular formula is C25H18N4O4S. The lowest BCUT2D eigenvalue weighted by molar-refractivity contribution is -0.119. The van der Waals surface area contributed by atoms with Crippen LogP contribution in [0.2, 0.25) is 0 Å². The van der Waals surface area contributed by atoms with E-state index in [1.54, 1.807) is 66.7 Å². The van der Waals surface area contributed by atoms with Crippen LogP contribution < -0.4 is 10.6 Å². The normalized spacial score (nSPS) is 9.82. The molecule has 3 rings (SSSR count). The Balaban J connectivity index is 1.54. The van der Waals surface area contributed by atoms with Crippen molar-refractivity contribution in [2.45, 2.75) is 4.90 Å². The Labute approximate surface area is 200 Å². The molecule has 0 saturated heterocycles. The fourth-order valence-electron chi connectivity index (χ4n) is 2.84. The first-order valence-electron chi connectivity index (χ1n) is 9.97. The first-order chi connectivity index (χ1) is 16.5. The third-order valence-corrected chi connectivity index (χ3v) is 5.42. The van der Waals surface area contributed by atoms with E-state index < -0.39 is 18.5 Å². The van der Waals surface area contributed by atoms with E-state index in [2.05, 4.69) is 10.6 Å². The lowest BCUT2D eigenvalue weighted by atomic mass is 10.2. The molecule has 168 valence electrons. The average Bonchev–Trinajstić information content (AvgIpc) is 2.86. The van der Waals surface area contributed by atoms with Crippen molar-refractivity contribution in [3.63, 3.8) is 0 Å². The van der Waals surface area contributed by atoms with Crippen LogP contribution in [0.5, 0.6) is 0 Å². The van der Waals surface area contributed by atoms with Crippen LogP contribution in [0.4, 0.5) is 11.4 Å². The Hall–Kier alpha value is -4.60. The van der Waals surface area contributed by atoms with Gasteiger partial charge >= 0.3 is 5.97 Å². The summed E-state index contributed by atoms with van der Waals surface area (Å²) in [6, 6.07) is 23.5. The Bertz CT molecular complexity index is 1310. The van der Waals surface area contributed by atoms with E-state index in [4.69, 9.17) is 15.3 Å². The monoisotopic (exact) mass is 470 g/mol. The number of amides is 2. The third kappa shape index (κ3) is 6.95. The number of nitriles is 2. The quantitative estimate of drug-likeness (QED) is 0.376. The number of carbonyl (C=O) groups excluding carboxylic acids is 3. The van der Waals surface area contributed by atoms with Crippen molar-refractivity contribution in [1.82, 2.24) is 0 Å². The second-order valence-corrected chi connectivity index (χ2v) is 7.86. The molecule has 0 aliphatic heterocycles. The number of nitrogens with zero attached hydrogens (tertiary/aromatic N) is 2. The fourth-order valence-corrected chi connectivity index (χ4v) is 3.68. The molecule has 3 aromatic rings. The molecule has 0 bridgehead atoms. The molecule has 0 saturated carbocycles. The maximum atomic E-state index is 12.5. The predicted octanol–water partition coefficient (Wildman–Crippen LogP) is 3.96. The van der Waals surface area contributed by atoms with Gasteiger partial charge in [-0.1, -0.05) is 24.3 Å². The molecule has 0 aliphatic rings. The Morgan fingerprint density at radius 3 is 2.00 bits per heavy atom. The van der Waals surface area contributed by atoms with Gasteiger partial charge in [-0.15, -0.1) is 11.8 Å². The zero-order chi connectivity index (χ0) is 24.3. The largest absolute Gasteiger partial charge is 0.452 e. The van der Waals surface area contributed by atoms with Gasteiger partial charge < -0.3 is 15.4 Å². The molecule has 0 fully saturated rings. The van der Waals surface area contributed by atoms with Crippen LogP contribution in [-0.4, -0.2) is 30.1 Å². The van der Waals surface area contributed by atoms with Crippen molar-refractivity contribution in [2.24, 2.45) is 0 Å². The van der Waals surface area contributed by atoms with Crippen molar-refractivity contribution in [3.05, 3.63) is 89.5 Å². The topological polar surface area (TPSA) is 132 Å². The summed E-state index contributed by atoms with van der Waals surface area (Å²) in [7, 11) is 0. The number of ether oxygens (including phenoxy) is 1. The van der Waals surface area contributed by atoms with E-state index in [9.17, 15) is 14.4 Å². The van der Waals surface area contributed by atoms with Gasteiger partial charge in [0.1, 0.15) is 0 Å². The van der Waals surface area contributed by atoms with E-state index in [0.717, 1.165) is 11.8 Å². The maximum Gasteiger partial charge on any atom is 0.339 e. The number of benzene rings is 3. The SMILES string of the molecule is N#Cc1cccc(NC(=O)COC(=O)c2ccccc2SCC(=O)Nc2cccc(C#N)c2)c1. The van der Waals surface area contributed by atoms with Gasteiger partial charge in [0.2, 0.25) is 5.91 Å². The first-order valence-corrected chi connectivity index (χ1v) is 11.0. The lowest BCUT2D eigenvalue weighted by Gasteiger charge is -2.10. The van der Waals surface area contributed by atoms with Crippen LogP contribution in [0.15, 0.2) is 77.7 Å². The molecule has 3 aromatic carbocycles. The predicted molar refractivity (Wildman–Crippen MR) is 127 cm³/mol. The summed E-state index contributed by atoms with van der Waals surface area (Å²) in [6.07, 6.45) is 0. The summed E-state index contributed by atoms with van der Waals surface area (Å²) >= 11 is 1.14. The molecule has 34 heavy (non-hydrogen) atoms. The summed E-state index contributed by atoms with van der Waals surface area (Å²) in [4.78, 5) is 37.5. The summed E-state index contributed by atoms with van der Waals surface area (Å²) in [6.45, 7) is -0.510. The van der Waals surface area contributed by atoms with Gasteiger partial charge in [0, 0.05) is 16.3 Å². The number of esters is 1. The van der Waals surface area contributed by atoms with Crippen molar-refractivity contribution >= 4 is 40.9 Å². The number of thioether (sulfide) groups is 1. The fraction of sp³-hybridized carbons (Fsp3) is 0.0800. The van der Waals surface area contributed by atoms with Gasteiger partial charge in [-0.25, -0.2) is 4.79 Å². The minimum Gasteiger partial charge on any atom is -0.452 e. The Morgan fingerprint density at radius 1 is 0.794 bits per heavy atom. The van der Waals surface area contributed by atoms with Gasteiger partial charge in [-0.05, 0) is 48.5 Å². The first kappa shape index (κ1) is 24.1. The summed E-state index contributed by atoms with van der Waals surface area (Å²) in [5.41, 5.74) is 1.97. The molecule has 2 amide bonds. The van der Waals surface area contributed by atoms with Gasteiger partial charge in [0.25, 0.3) is 5.91 Å². The highest BCUT2D eigenvalue weighted by molar-refractivity contribution is 8.00. The maximum absolute atomic E-state index is 12.5. The van der Waals surface area contributed by atoms with E-state index in [0.29, 0.717) is 27.4 Å². The molecule has 0 spiro atoms. The van der Waals surface area contributed by atoms with Crippen LogP contribution in [-0.2, 0) is 14.3 Å². The van der Waals surface area contributed by atoms with Crippen LogP contribution in [0.1, 0.15) is 21.5 Å². The minimum atomic E-state index is -0.703. The number of rotatable bonds is 8. The van der Waals surface area contributed by atoms with E-state index >= 15 is 0 Å². The van der Waals surface area contributed by atoms with Gasteiger partial charge in [-0.3, -0.25) is 9.59 Å². The van der Waals surface area contributed by atoms with Crippen molar-refractivity contribution in [1.29, 1.82) is 10.5 Å². The standard InChI is InChI=1S/C25H18N4O4S/c26-13-17-5-3-7-19(11-17)28-23(30)15-33-25(32)21-9-1-2-10-22(21)34-16-24(31)29-20-8-4-6-18(12-20)14-27/h1-12H,15-16H2,(H,28,30)(H,29,31). The number of nitrogens with one attached hydrogen (secondary N) is 2. The molecule has 2 N–H and O–H groups in total. The van der Waals surface area contributed by atoms with Crippen LogP contribution >= 0.6 is 11.8 Å². The van der Waals surface area contributed by atoms with Crippen molar-refractivity contribution in [2.75, 3.05) is 23.0 Å². The third-order valence-electron chi connectivity index (χ3n) is 4.35. The lowest BCUT2D eigenvalue weighted by Crippen LogP contribution is -2.21. The second kappa shape index (κ2) is 11.9. The molecule has 0 unspecified atom stereocenters. The molecule has 0 aromatic heterocycles. The summed E-state index contributed by atoms with van der Waals surface area (Å²) < 4.78 is 5.13. The van der Waals surface area contributed by atoms with Gasteiger partial charge in [0.05, 0.1) is 34.6 Å². The van der Waals surface area contributed by atoms with Crippen LogP contribution in [0, 0.1) is 22.7 Å². The summed E-state index contributed by atoms with van der Waals surface area (Å²) in [5, 5.41) is 23.2. The molecule has 0 radical (unpaired) electrons. The average molecular weight is 471 g/mol. The second-order valence-electron chi connectivity index (χ2n) is 6.84. The van der Waals surface area contributed by atoms with E-state index in [1.165, 1.54) is 6.07 Å². The highest BCUT2D eigenvalue weighted by Crippen LogP contribution is 2.24. The van der Waals surface area contributed by atoms with Gasteiger partial charge in [0.15, 0.2) is 6.61 Å².